The molecular formula is C16H28N2O. The molecule has 2 rings (SSSR count). The van der Waals surface area contributed by atoms with Gasteiger partial charge in [0.1, 0.15) is 5.76 Å². The van der Waals surface area contributed by atoms with E-state index < -0.39 is 0 Å². The maximum atomic E-state index is 5.55. The SMILES string of the molecule is CCC(NC1CC(C)(C)NC(C)(C)C1)c1ccco1. The molecular weight excluding hydrogens is 236 g/mol. The maximum absolute atomic E-state index is 5.55. The van der Waals surface area contributed by atoms with Crippen molar-refractivity contribution in [2.75, 3.05) is 0 Å². The van der Waals surface area contributed by atoms with Gasteiger partial charge in [0.05, 0.1) is 12.3 Å². The van der Waals surface area contributed by atoms with Crippen molar-refractivity contribution in [3.05, 3.63) is 24.2 Å². The number of piperidine rings is 1. The molecule has 108 valence electrons. The van der Waals surface area contributed by atoms with Crippen molar-refractivity contribution in [1.29, 1.82) is 0 Å². The van der Waals surface area contributed by atoms with Crippen LogP contribution in [0.4, 0.5) is 0 Å². The van der Waals surface area contributed by atoms with Crippen LogP contribution in [0.15, 0.2) is 22.8 Å². The van der Waals surface area contributed by atoms with Crippen LogP contribution in [0.2, 0.25) is 0 Å². The number of rotatable bonds is 4. The third-order valence-electron chi connectivity index (χ3n) is 3.92. The Morgan fingerprint density at radius 1 is 1.32 bits per heavy atom. The van der Waals surface area contributed by atoms with Gasteiger partial charge in [-0.2, -0.15) is 0 Å². The molecule has 1 aromatic heterocycles. The number of hydrogen-bond donors (Lipinski definition) is 2. The molecule has 2 heterocycles. The molecule has 0 radical (unpaired) electrons. The standard InChI is InChI=1S/C16H28N2O/c1-6-13(14-8-7-9-19-14)17-12-10-15(2,3)18-16(4,5)11-12/h7-9,12-13,17-18H,6,10-11H2,1-5H3. The van der Waals surface area contributed by atoms with Crippen molar-refractivity contribution in [2.45, 2.75) is 77.0 Å². The highest BCUT2D eigenvalue weighted by Crippen LogP contribution is 2.30. The molecule has 1 aliphatic rings. The quantitative estimate of drug-likeness (QED) is 0.872. The smallest absolute Gasteiger partial charge is 0.120 e. The Morgan fingerprint density at radius 2 is 1.95 bits per heavy atom. The first kappa shape index (κ1) is 14.6. The molecule has 0 aromatic carbocycles. The van der Waals surface area contributed by atoms with Crippen molar-refractivity contribution in [2.24, 2.45) is 0 Å². The summed E-state index contributed by atoms with van der Waals surface area (Å²) in [4.78, 5) is 0. The van der Waals surface area contributed by atoms with Crippen LogP contribution in [-0.4, -0.2) is 17.1 Å². The van der Waals surface area contributed by atoms with Gasteiger partial charge in [-0.1, -0.05) is 6.92 Å². The average molecular weight is 264 g/mol. The van der Waals surface area contributed by atoms with Crippen LogP contribution in [0.5, 0.6) is 0 Å². The van der Waals surface area contributed by atoms with Gasteiger partial charge in [0.25, 0.3) is 0 Å². The molecule has 0 amide bonds. The van der Waals surface area contributed by atoms with Crippen molar-refractivity contribution in [3.8, 4) is 0 Å². The normalized spacial score (nSPS) is 24.3. The Balaban J connectivity index is 2.05. The maximum Gasteiger partial charge on any atom is 0.120 e. The first-order chi connectivity index (χ1) is 8.81. The Hall–Kier alpha value is -0.800. The fourth-order valence-corrected chi connectivity index (χ4v) is 3.62. The minimum Gasteiger partial charge on any atom is -0.468 e. The summed E-state index contributed by atoms with van der Waals surface area (Å²) in [7, 11) is 0. The van der Waals surface area contributed by atoms with Crippen molar-refractivity contribution in [3.63, 3.8) is 0 Å². The van der Waals surface area contributed by atoms with E-state index >= 15 is 0 Å². The summed E-state index contributed by atoms with van der Waals surface area (Å²) in [6, 6.07) is 4.89. The second kappa shape index (κ2) is 5.29. The Kier molecular flexibility index (Phi) is 4.07. The van der Waals surface area contributed by atoms with Gasteiger partial charge in [0.15, 0.2) is 0 Å². The Labute approximate surface area is 117 Å². The summed E-state index contributed by atoms with van der Waals surface area (Å²) in [6.45, 7) is 11.4. The second-order valence-electron chi connectivity index (χ2n) is 7.14. The second-order valence-corrected chi connectivity index (χ2v) is 7.14. The molecule has 1 unspecified atom stereocenters. The molecule has 1 atom stereocenters. The minimum atomic E-state index is 0.181. The van der Waals surface area contributed by atoms with E-state index in [-0.39, 0.29) is 11.1 Å². The number of nitrogens with one attached hydrogen (secondary N) is 2. The Morgan fingerprint density at radius 3 is 2.42 bits per heavy atom. The van der Waals surface area contributed by atoms with E-state index in [1.165, 1.54) is 0 Å². The summed E-state index contributed by atoms with van der Waals surface area (Å²) in [6.07, 6.45) is 5.11. The molecule has 1 aromatic rings. The van der Waals surface area contributed by atoms with Crippen LogP contribution >= 0.6 is 0 Å². The highest BCUT2D eigenvalue weighted by Gasteiger charge is 2.38. The highest BCUT2D eigenvalue weighted by atomic mass is 16.3. The van der Waals surface area contributed by atoms with Crippen LogP contribution in [0.3, 0.4) is 0 Å². The molecule has 0 spiro atoms. The van der Waals surface area contributed by atoms with E-state index in [1.807, 2.05) is 6.07 Å². The minimum absolute atomic E-state index is 0.181. The third kappa shape index (κ3) is 3.83. The van der Waals surface area contributed by atoms with Gasteiger partial charge >= 0.3 is 0 Å². The van der Waals surface area contributed by atoms with Gasteiger partial charge in [-0.05, 0) is 59.1 Å². The molecule has 1 saturated heterocycles. The Bertz CT molecular complexity index is 379. The van der Waals surface area contributed by atoms with E-state index in [1.54, 1.807) is 6.26 Å². The van der Waals surface area contributed by atoms with E-state index in [9.17, 15) is 0 Å². The topological polar surface area (TPSA) is 37.2 Å². The summed E-state index contributed by atoms with van der Waals surface area (Å²) in [5, 5.41) is 7.51. The first-order valence-corrected chi connectivity index (χ1v) is 7.40. The van der Waals surface area contributed by atoms with Gasteiger partial charge in [0.2, 0.25) is 0 Å². The van der Waals surface area contributed by atoms with E-state index in [4.69, 9.17) is 4.42 Å². The molecule has 1 fully saturated rings. The molecule has 0 saturated carbocycles. The fourth-order valence-electron chi connectivity index (χ4n) is 3.62. The average Bonchev–Trinajstić information content (AvgIpc) is 2.74. The zero-order valence-corrected chi connectivity index (χ0v) is 12.9. The molecule has 0 aliphatic carbocycles. The van der Waals surface area contributed by atoms with Crippen LogP contribution in [0, 0.1) is 0 Å². The summed E-state index contributed by atoms with van der Waals surface area (Å²) in [5.74, 6) is 1.05. The predicted molar refractivity (Wildman–Crippen MR) is 79.2 cm³/mol. The number of furan rings is 1. The van der Waals surface area contributed by atoms with Crippen molar-refractivity contribution in [1.82, 2.24) is 10.6 Å². The van der Waals surface area contributed by atoms with Gasteiger partial charge in [0, 0.05) is 17.1 Å². The van der Waals surface area contributed by atoms with Crippen molar-refractivity contribution < 1.29 is 4.42 Å². The van der Waals surface area contributed by atoms with Crippen LogP contribution in [-0.2, 0) is 0 Å². The van der Waals surface area contributed by atoms with E-state index in [0.717, 1.165) is 25.0 Å². The molecule has 0 bridgehead atoms. The van der Waals surface area contributed by atoms with Crippen molar-refractivity contribution >= 4 is 0 Å². The van der Waals surface area contributed by atoms with E-state index in [2.05, 4.69) is 51.3 Å². The summed E-state index contributed by atoms with van der Waals surface area (Å²) < 4.78 is 5.55. The first-order valence-electron chi connectivity index (χ1n) is 7.40. The largest absolute Gasteiger partial charge is 0.468 e. The van der Waals surface area contributed by atoms with Crippen LogP contribution in [0.25, 0.3) is 0 Å². The molecule has 2 N–H and O–H groups in total. The monoisotopic (exact) mass is 264 g/mol. The van der Waals surface area contributed by atoms with Gasteiger partial charge in [-0.3, -0.25) is 0 Å². The molecule has 3 nitrogen and oxygen atoms in total. The lowest BCUT2D eigenvalue weighted by atomic mass is 9.79. The van der Waals surface area contributed by atoms with Gasteiger partial charge in [-0.15, -0.1) is 0 Å². The molecule has 19 heavy (non-hydrogen) atoms. The molecule has 1 aliphatic heterocycles. The lowest BCUT2D eigenvalue weighted by Gasteiger charge is -2.47. The third-order valence-corrected chi connectivity index (χ3v) is 3.92. The number of hydrogen-bond acceptors (Lipinski definition) is 3. The summed E-state index contributed by atoms with van der Waals surface area (Å²) >= 11 is 0. The molecule has 3 heteroatoms. The lowest BCUT2D eigenvalue weighted by molar-refractivity contribution is 0.136. The van der Waals surface area contributed by atoms with Crippen LogP contribution < -0.4 is 10.6 Å². The zero-order valence-electron chi connectivity index (χ0n) is 12.9. The summed E-state index contributed by atoms with van der Waals surface area (Å²) in [5.41, 5.74) is 0.363. The van der Waals surface area contributed by atoms with E-state index in [0.29, 0.717) is 12.1 Å². The van der Waals surface area contributed by atoms with Crippen LogP contribution in [0.1, 0.15) is 65.7 Å². The zero-order chi connectivity index (χ0) is 14.1. The van der Waals surface area contributed by atoms with Gasteiger partial charge < -0.3 is 15.1 Å². The lowest BCUT2D eigenvalue weighted by Crippen LogP contribution is -2.61. The highest BCUT2D eigenvalue weighted by molar-refractivity contribution is 5.06. The van der Waals surface area contributed by atoms with Gasteiger partial charge in [-0.25, -0.2) is 0 Å². The fraction of sp³-hybridized carbons (Fsp3) is 0.750. The predicted octanol–water partition coefficient (Wildman–Crippen LogP) is 3.63.